The zero-order valence-corrected chi connectivity index (χ0v) is 26.3. The van der Waals surface area contributed by atoms with Gasteiger partial charge in [-0.2, -0.15) is 0 Å². The van der Waals surface area contributed by atoms with Crippen molar-refractivity contribution < 1.29 is 47.8 Å². The lowest BCUT2D eigenvalue weighted by atomic mass is 9.89. The minimum Gasteiger partial charge on any atom is -0.508 e. The second kappa shape index (κ2) is 15.4. The van der Waals surface area contributed by atoms with E-state index in [1.165, 1.54) is 7.11 Å². The van der Waals surface area contributed by atoms with E-state index in [-0.39, 0.29) is 31.2 Å². The molecule has 4 rings (SSSR count). The average Bonchev–Trinajstić information content (AvgIpc) is 3.38. The van der Waals surface area contributed by atoms with Crippen LogP contribution >= 0.6 is 0 Å². The number of rotatable bonds is 16. The van der Waals surface area contributed by atoms with Gasteiger partial charge in [-0.05, 0) is 73.7 Å². The minimum absolute atomic E-state index is 0.0283. The minimum atomic E-state index is -0.640. The second-order valence-corrected chi connectivity index (χ2v) is 10.7. The van der Waals surface area contributed by atoms with Gasteiger partial charge in [-0.1, -0.05) is 19.1 Å². The Balaban J connectivity index is 1.76. The van der Waals surface area contributed by atoms with Crippen LogP contribution in [0.25, 0.3) is 11.1 Å². The molecule has 1 unspecified atom stereocenters. The molecule has 1 saturated heterocycles. The van der Waals surface area contributed by atoms with Crippen molar-refractivity contribution in [3.05, 3.63) is 70.8 Å². The van der Waals surface area contributed by atoms with Gasteiger partial charge in [-0.25, -0.2) is 0 Å². The van der Waals surface area contributed by atoms with Crippen LogP contribution in [-0.4, -0.2) is 77.5 Å². The first-order valence-electron chi connectivity index (χ1n) is 14.5. The number of carbonyl (C=O) groups excluding carboxylic acids is 1. The molecule has 1 atom stereocenters. The third-order valence-corrected chi connectivity index (χ3v) is 7.20. The van der Waals surface area contributed by atoms with Crippen LogP contribution in [0.3, 0.4) is 0 Å². The highest BCUT2D eigenvalue weighted by atomic mass is 16.7. The molecular weight excluding hydrogens is 568 g/mol. The molecule has 0 amide bonds. The number of phenolic OH excluding ortho intramolecular Hbond substituents is 1. The Bertz CT molecular complexity index is 1420. The van der Waals surface area contributed by atoms with E-state index in [2.05, 4.69) is 0 Å². The molecule has 0 radical (unpaired) electrons. The summed E-state index contributed by atoms with van der Waals surface area (Å²) in [7, 11) is 4.62. The van der Waals surface area contributed by atoms with Crippen LogP contribution in [-0.2, 0) is 36.5 Å². The summed E-state index contributed by atoms with van der Waals surface area (Å²) in [6.45, 7) is 6.83. The summed E-state index contributed by atoms with van der Waals surface area (Å²) in [5, 5.41) is 10.1. The number of hydrogen-bond acceptors (Lipinski definition) is 10. The van der Waals surface area contributed by atoms with E-state index in [0.717, 1.165) is 11.1 Å². The van der Waals surface area contributed by atoms with Crippen LogP contribution in [0.5, 0.6) is 23.0 Å². The summed E-state index contributed by atoms with van der Waals surface area (Å²) < 4.78 is 45.4. The summed E-state index contributed by atoms with van der Waals surface area (Å²) in [6.07, 6.45) is 0.818. The van der Waals surface area contributed by atoms with Gasteiger partial charge in [-0.15, -0.1) is 0 Å². The van der Waals surface area contributed by atoms with Gasteiger partial charge in [0.05, 0.1) is 32.5 Å². The van der Waals surface area contributed by atoms with Gasteiger partial charge in [0.2, 0.25) is 0 Å². The molecule has 3 aromatic carbocycles. The van der Waals surface area contributed by atoms with Crippen LogP contribution in [0, 0.1) is 0 Å². The van der Waals surface area contributed by atoms with E-state index in [1.807, 2.05) is 26.8 Å². The molecule has 1 N–H and O–H groups in total. The summed E-state index contributed by atoms with van der Waals surface area (Å²) in [5.74, 6) is 0.652. The molecule has 1 aliphatic rings. The normalized spacial score (nSPS) is 15.7. The van der Waals surface area contributed by atoms with Crippen molar-refractivity contribution in [3.8, 4) is 34.1 Å². The summed E-state index contributed by atoms with van der Waals surface area (Å²) in [6, 6.07) is 13.7. The Labute approximate surface area is 258 Å². The molecular formula is C34H42O10. The van der Waals surface area contributed by atoms with Gasteiger partial charge < -0.3 is 43.0 Å². The summed E-state index contributed by atoms with van der Waals surface area (Å²) in [4.78, 5) is 14.5. The highest BCUT2D eigenvalue weighted by Crippen LogP contribution is 2.39. The number of carbonyl (C=O) groups is 1. The number of hydrogen-bond donors (Lipinski definition) is 1. The first-order valence-corrected chi connectivity index (χ1v) is 14.5. The maximum atomic E-state index is 14.5. The smallest absolute Gasteiger partial charge is 0.197 e. The summed E-state index contributed by atoms with van der Waals surface area (Å²) in [5.41, 5.74) is 3.77. The fraction of sp³-hybridized carbons (Fsp3) is 0.441. The topological polar surface area (TPSA) is 111 Å². The highest BCUT2D eigenvalue weighted by molar-refractivity contribution is 6.12. The first kappa shape index (κ1) is 33.2. The molecule has 1 fully saturated rings. The van der Waals surface area contributed by atoms with Gasteiger partial charge in [0, 0.05) is 31.4 Å². The molecule has 10 heteroatoms. The lowest BCUT2D eigenvalue weighted by Crippen LogP contribution is -2.24. The maximum absolute atomic E-state index is 14.5. The summed E-state index contributed by atoms with van der Waals surface area (Å²) >= 11 is 0. The van der Waals surface area contributed by atoms with E-state index in [1.54, 1.807) is 56.7 Å². The van der Waals surface area contributed by atoms with Crippen LogP contribution in [0.4, 0.5) is 0 Å². The Kier molecular flexibility index (Phi) is 11.6. The van der Waals surface area contributed by atoms with E-state index >= 15 is 0 Å². The predicted octanol–water partition coefficient (Wildman–Crippen LogP) is 5.54. The molecule has 1 heterocycles. The Hall–Kier alpha value is -3.67. The predicted molar refractivity (Wildman–Crippen MR) is 164 cm³/mol. The van der Waals surface area contributed by atoms with Gasteiger partial charge >= 0.3 is 0 Å². The number of ether oxygens (including phenoxy) is 8. The van der Waals surface area contributed by atoms with Crippen molar-refractivity contribution in [1.29, 1.82) is 0 Å². The molecule has 238 valence electrons. The highest BCUT2D eigenvalue weighted by Gasteiger charge is 2.33. The fourth-order valence-electron chi connectivity index (χ4n) is 5.25. The van der Waals surface area contributed by atoms with Crippen molar-refractivity contribution >= 4 is 5.78 Å². The number of methoxy groups -OCH3 is 3. The standard InChI is InChI=1S/C34H42O10/c1-7-26-27(13-14-40-18-25-19-43-34(2,3)44-25)32(31(42-21-38-5)17-30(26)41-20-37-4)33(36)23-11-12-29(39-6)28(16-23)22-9-8-10-24(35)15-22/h8-12,15-17,25,35H,7,13-14,18-21H2,1-6H3. The van der Waals surface area contributed by atoms with Crippen molar-refractivity contribution in [2.24, 2.45) is 0 Å². The third-order valence-electron chi connectivity index (χ3n) is 7.20. The largest absolute Gasteiger partial charge is 0.508 e. The van der Waals surface area contributed by atoms with Gasteiger partial charge in [0.1, 0.15) is 29.1 Å². The Morgan fingerprint density at radius 2 is 1.70 bits per heavy atom. The number of phenols is 1. The lowest BCUT2D eigenvalue weighted by molar-refractivity contribution is -0.144. The average molecular weight is 611 g/mol. The van der Waals surface area contributed by atoms with Crippen molar-refractivity contribution in [2.45, 2.75) is 45.5 Å². The van der Waals surface area contributed by atoms with E-state index in [9.17, 15) is 9.90 Å². The van der Waals surface area contributed by atoms with Crippen LogP contribution < -0.4 is 14.2 Å². The quantitative estimate of drug-likeness (QED) is 0.126. The van der Waals surface area contributed by atoms with Gasteiger partial charge in [0.15, 0.2) is 25.2 Å². The molecule has 0 saturated carbocycles. The Morgan fingerprint density at radius 1 is 0.955 bits per heavy atom. The maximum Gasteiger partial charge on any atom is 0.197 e. The fourth-order valence-corrected chi connectivity index (χ4v) is 5.25. The molecule has 0 bridgehead atoms. The molecule has 3 aromatic rings. The van der Waals surface area contributed by atoms with E-state index in [0.29, 0.717) is 72.2 Å². The SMILES string of the molecule is CCc1c(OCOC)cc(OCOC)c(C(=O)c2ccc(OC)c(-c3cccc(O)c3)c2)c1CCOCC1COC(C)(C)O1. The third kappa shape index (κ3) is 8.08. The van der Waals surface area contributed by atoms with E-state index in [4.69, 9.17) is 37.9 Å². The molecule has 1 aliphatic heterocycles. The number of benzene rings is 3. The lowest BCUT2D eigenvalue weighted by Gasteiger charge is -2.22. The Morgan fingerprint density at radius 3 is 2.34 bits per heavy atom. The monoisotopic (exact) mass is 610 g/mol. The van der Waals surface area contributed by atoms with Crippen LogP contribution in [0.2, 0.25) is 0 Å². The van der Waals surface area contributed by atoms with E-state index < -0.39 is 5.79 Å². The van der Waals surface area contributed by atoms with Crippen LogP contribution in [0.15, 0.2) is 48.5 Å². The number of ketones is 1. The van der Waals surface area contributed by atoms with Crippen molar-refractivity contribution in [2.75, 3.05) is 54.7 Å². The molecule has 0 aliphatic carbocycles. The van der Waals surface area contributed by atoms with Crippen molar-refractivity contribution in [1.82, 2.24) is 0 Å². The molecule has 44 heavy (non-hydrogen) atoms. The molecule has 0 aromatic heterocycles. The first-order chi connectivity index (χ1) is 21.2. The van der Waals surface area contributed by atoms with Crippen LogP contribution in [0.1, 0.15) is 47.8 Å². The van der Waals surface area contributed by atoms with Crippen molar-refractivity contribution in [3.63, 3.8) is 0 Å². The van der Waals surface area contributed by atoms with Gasteiger partial charge in [-0.3, -0.25) is 4.79 Å². The molecule has 10 nitrogen and oxygen atoms in total. The second-order valence-electron chi connectivity index (χ2n) is 10.7. The van der Waals surface area contributed by atoms with Gasteiger partial charge in [0.25, 0.3) is 0 Å². The molecule has 0 spiro atoms. The number of aromatic hydroxyl groups is 1. The zero-order valence-electron chi connectivity index (χ0n) is 26.3. The zero-order chi connectivity index (χ0) is 31.7.